The molecule has 0 bridgehead atoms. The van der Waals surface area contributed by atoms with Crippen molar-refractivity contribution in [3.63, 3.8) is 0 Å². The molecule has 3 nitrogen and oxygen atoms in total. The highest BCUT2D eigenvalue weighted by Gasteiger charge is 2.30. The molecular weight excluding hydrogens is 248 g/mol. The third-order valence-electron chi connectivity index (χ3n) is 3.06. The number of benzene rings is 2. The second-order valence-corrected chi connectivity index (χ2v) is 6.07. The van der Waals surface area contributed by atoms with E-state index in [2.05, 4.69) is 0 Å². The Labute approximate surface area is 106 Å². The molecule has 1 aliphatic rings. The summed E-state index contributed by atoms with van der Waals surface area (Å²) < 4.78 is 30.5. The van der Waals surface area contributed by atoms with E-state index in [-0.39, 0.29) is 9.79 Å². The summed E-state index contributed by atoms with van der Waals surface area (Å²) in [6, 6.07) is 12.0. The zero-order valence-corrected chi connectivity index (χ0v) is 10.7. The van der Waals surface area contributed by atoms with Gasteiger partial charge in [0.2, 0.25) is 9.84 Å². The molecule has 1 aliphatic heterocycles. The van der Waals surface area contributed by atoms with Crippen LogP contribution in [0.15, 0.2) is 52.3 Å². The monoisotopic (exact) mass is 260 g/mol. The fourth-order valence-electron chi connectivity index (χ4n) is 2.07. The molecule has 4 heteroatoms. The molecule has 3 rings (SSSR count). The molecule has 0 aliphatic carbocycles. The normalized spacial score (nSPS) is 15.4. The zero-order valence-electron chi connectivity index (χ0n) is 9.88. The van der Waals surface area contributed by atoms with Crippen LogP contribution in [0.4, 0.5) is 0 Å². The predicted octanol–water partition coefficient (Wildman–Crippen LogP) is 3.19. The van der Waals surface area contributed by atoms with Crippen molar-refractivity contribution in [1.82, 2.24) is 0 Å². The van der Waals surface area contributed by atoms with Crippen LogP contribution in [0.25, 0.3) is 0 Å². The molecule has 92 valence electrons. The number of fused-ring (bicyclic) bond motifs is 2. The molecule has 0 aromatic heterocycles. The first-order valence-electron chi connectivity index (χ1n) is 5.78. The smallest absolute Gasteiger partial charge is 0.213 e. The number of sulfone groups is 1. The third-order valence-corrected chi connectivity index (χ3v) is 4.90. The van der Waals surface area contributed by atoms with Crippen molar-refractivity contribution in [2.75, 3.05) is 0 Å². The lowest BCUT2D eigenvalue weighted by Crippen LogP contribution is -2.11. The van der Waals surface area contributed by atoms with Crippen LogP contribution in [0.2, 0.25) is 0 Å². The first-order chi connectivity index (χ1) is 8.63. The summed E-state index contributed by atoms with van der Waals surface area (Å²) in [7, 11) is -3.45. The summed E-state index contributed by atoms with van der Waals surface area (Å²) in [5.41, 5.74) is 1.06. The Morgan fingerprint density at radius 3 is 2.50 bits per heavy atom. The fourth-order valence-corrected chi connectivity index (χ4v) is 3.55. The largest absolute Gasteiger partial charge is 0.455 e. The van der Waals surface area contributed by atoms with Crippen molar-refractivity contribution in [3.05, 3.63) is 48.0 Å². The van der Waals surface area contributed by atoms with Crippen LogP contribution in [-0.2, 0) is 16.3 Å². The zero-order chi connectivity index (χ0) is 12.8. The molecule has 0 saturated carbocycles. The minimum atomic E-state index is -3.45. The van der Waals surface area contributed by atoms with Crippen molar-refractivity contribution in [2.45, 2.75) is 23.1 Å². The minimum absolute atomic E-state index is 0.238. The molecule has 0 unspecified atom stereocenters. The summed E-state index contributed by atoms with van der Waals surface area (Å²) in [5.74, 6) is 0.825. The third kappa shape index (κ3) is 1.53. The lowest BCUT2D eigenvalue weighted by molar-refractivity contribution is 0.442. The van der Waals surface area contributed by atoms with Gasteiger partial charge in [-0.05, 0) is 36.2 Å². The first-order valence-corrected chi connectivity index (χ1v) is 7.26. The van der Waals surface area contributed by atoms with Crippen molar-refractivity contribution in [1.29, 1.82) is 0 Å². The van der Waals surface area contributed by atoms with Crippen LogP contribution in [-0.4, -0.2) is 8.42 Å². The van der Waals surface area contributed by atoms with E-state index in [1.54, 1.807) is 36.4 Å². The van der Waals surface area contributed by atoms with E-state index >= 15 is 0 Å². The van der Waals surface area contributed by atoms with E-state index in [4.69, 9.17) is 4.74 Å². The maximum Gasteiger partial charge on any atom is 0.213 e. The van der Waals surface area contributed by atoms with E-state index in [0.717, 1.165) is 12.0 Å². The van der Waals surface area contributed by atoms with Crippen molar-refractivity contribution in [2.24, 2.45) is 0 Å². The van der Waals surface area contributed by atoms with Gasteiger partial charge in [-0.15, -0.1) is 0 Å². The van der Waals surface area contributed by atoms with Crippen molar-refractivity contribution in [3.8, 4) is 11.5 Å². The van der Waals surface area contributed by atoms with E-state index in [0.29, 0.717) is 11.5 Å². The molecule has 0 fully saturated rings. The van der Waals surface area contributed by atoms with Crippen LogP contribution in [0.5, 0.6) is 11.5 Å². The molecule has 1 heterocycles. The standard InChI is InChI=1S/C14H12O3S/c1-2-10-7-8-14-12(9-10)17-11-5-3-4-6-13(11)18(14,15)16/h3-9H,2H2,1H3. The molecule has 0 atom stereocenters. The second kappa shape index (κ2) is 3.85. The minimum Gasteiger partial charge on any atom is -0.455 e. The number of ether oxygens (including phenoxy) is 1. The predicted molar refractivity (Wildman–Crippen MR) is 67.8 cm³/mol. The Bertz CT molecular complexity index is 718. The van der Waals surface area contributed by atoms with Gasteiger partial charge in [0.05, 0.1) is 0 Å². The maximum absolute atomic E-state index is 12.4. The van der Waals surface area contributed by atoms with E-state index in [9.17, 15) is 8.42 Å². The number of rotatable bonds is 1. The first kappa shape index (κ1) is 11.3. The van der Waals surface area contributed by atoms with Gasteiger partial charge >= 0.3 is 0 Å². The topological polar surface area (TPSA) is 43.4 Å². The van der Waals surface area contributed by atoms with Gasteiger partial charge in [0, 0.05) is 0 Å². The SMILES string of the molecule is CCc1ccc2c(c1)Oc1ccccc1S2(=O)=O. The van der Waals surface area contributed by atoms with E-state index < -0.39 is 9.84 Å². The summed E-state index contributed by atoms with van der Waals surface area (Å²) in [6.07, 6.45) is 0.846. The lowest BCUT2D eigenvalue weighted by atomic mass is 10.1. The highest BCUT2D eigenvalue weighted by Crippen LogP contribution is 2.42. The molecule has 2 aromatic rings. The summed E-state index contributed by atoms with van der Waals surface area (Å²) >= 11 is 0. The van der Waals surface area contributed by atoms with Gasteiger partial charge in [-0.3, -0.25) is 0 Å². The number of aryl methyl sites for hydroxylation is 1. The average molecular weight is 260 g/mol. The molecule has 2 aromatic carbocycles. The van der Waals surface area contributed by atoms with Crippen LogP contribution in [0.1, 0.15) is 12.5 Å². The van der Waals surface area contributed by atoms with Gasteiger partial charge in [0.15, 0.2) is 0 Å². The van der Waals surface area contributed by atoms with Gasteiger partial charge in [-0.1, -0.05) is 25.1 Å². The van der Waals surface area contributed by atoms with Gasteiger partial charge < -0.3 is 4.74 Å². The molecule has 0 radical (unpaired) electrons. The molecular formula is C14H12O3S. The Morgan fingerprint density at radius 2 is 1.72 bits per heavy atom. The quantitative estimate of drug-likeness (QED) is 0.675. The Morgan fingerprint density at radius 1 is 1.00 bits per heavy atom. The fraction of sp³-hybridized carbons (Fsp3) is 0.143. The van der Waals surface area contributed by atoms with E-state index in [1.807, 2.05) is 13.0 Å². The highest BCUT2D eigenvalue weighted by molar-refractivity contribution is 7.91. The van der Waals surface area contributed by atoms with Gasteiger partial charge in [0.1, 0.15) is 21.3 Å². The van der Waals surface area contributed by atoms with Crippen molar-refractivity contribution < 1.29 is 13.2 Å². The average Bonchev–Trinajstić information content (AvgIpc) is 2.38. The van der Waals surface area contributed by atoms with E-state index in [1.165, 1.54) is 0 Å². The van der Waals surface area contributed by atoms with Crippen molar-refractivity contribution >= 4 is 9.84 Å². The number of para-hydroxylation sites is 1. The molecule has 0 spiro atoms. The molecule has 18 heavy (non-hydrogen) atoms. The molecule has 0 amide bonds. The van der Waals surface area contributed by atoms with Gasteiger partial charge in [-0.25, -0.2) is 8.42 Å². The van der Waals surface area contributed by atoms with Gasteiger partial charge in [0.25, 0.3) is 0 Å². The van der Waals surface area contributed by atoms with Gasteiger partial charge in [-0.2, -0.15) is 0 Å². The molecule has 0 saturated heterocycles. The maximum atomic E-state index is 12.4. The Kier molecular flexibility index (Phi) is 2.41. The summed E-state index contributed by atoms with van der Waals surface area (Å²) in [4.78, 5) is 0.486. The lowest BCUT2D eigenvalue weighted by Gasteiger charge is -2.20. The second-order valence-electron chi connectivity index (χ2n) is 4.19. The van der Waals surface area contributed by atoms with Crippen LogP contribution < -0.4 is 4.74 Å². The Balaban J connectivity index is 2.28. The molecule has 0 N–H and O–H groups in total. The Hall–Kier alpha value is -1.81. The summed E-state index contributed by atoms with van der Waals surface area (Å²) in [6.45, 7) is 2.02. The highest BCUT2D eigenvalue weighted by atomic mass is 32.2. The van der Waals surface area contributed by atoms with Crippen LogP contribution in [0.3, 0.4) is 0 Å². The van der Waals surface area contributed by atoms with Crippen LogP contribution in [0, 0.1) is 0 Å². The van der Waals surface area contributed by atoms with Crippen LogP contribution >= 0.6 is 0 Å². The number of hydrogen-bond donors (Lipinski definition) is 0. The number of hydrogen-bond acceptors (Lipinski definition) is 3. The summed E-state index contributed by atoms with van der Waals surface area (Å²) in [5, 5.41) is 0.